The highest BCUT2D eigenvalue weighted by Crippen LogP contribution is 2.21. The molecule has 2 aromatic carbocycles. The van der Waals surface area contributed by atoms with E-state index in [1.807, 2.05) is 19.9 Å². The summed E-state index contributed by atoms with van der Waals surface area (Å²) in [4.78, 5) is 24.7. The number of benzene rings is 2. The van der Waals surface area contributed by atoms with Gasteiger partial charge >= 0.3 is 5.97 Å². The maximum atomic E-state index is 12.6. The summed E-state index contributed by atoms with van der Waals surface area (Å²) < 4.78 is 5.12. The molecule has 25 heavy (non-hydrogen) atoms. The number of nitriles is 1. The van der Waals surface area contributed by atoms with E-state index in [2.05, 4.69) is 0 Å². The van der Waals surface area contributed by atoms with Crippen molar-refractivity contribution in [1.82, 2.24) is 0 Å². The third kappa shape index (κ3) is 4.55. The number of hydrogen-bond acceptors (Lipinski definition) is 5. The Labute approximate surface area is 145 Å². The molecule has 1 N–H and O–H groups in total. The number of para-hydroxylation sites is 1. The third-order valence-corrected chi connectivity index (χ3v) is 3.41. The Morgan fingerprint density at radius 1 is 1.16 bits per heavy atom. The fourth-order valence-electron chi connectivity index (χ4n) is 2.13. The number of ether oxygens (including phenoxy) is 1. The van der Waals surface area contributed by atoms with Gasteiger partial charge in [0.25, 0.3) is 0 Å². The third-order valence-electron chi connectivity index (χ3n) is 3.41. The molecule has 126 valence electrons. The molecule has 0 bridgehead atoms. The number of allylic oxidation sites excluding steroid dienone is 1. The van der Waals surface area contributed by atoms with Crippen molar-refractivity contribution in [2.75, 3.05) is 6.61 Å². The van der Waals surface area contributed by atoms with E-state index in [4.69, 9.17) is 10.00 Å². The summed E-state index contributed by atoms with van der Waals surface area (Å²) in [7, 11) is 0. The van der Waals surface area contributed by atoms with Gasteiger partial charge in [-0.25, -0.2) is 4.79 Å². The molecular weight excluding hydrogens is 318 g/mol. The summed E-state index contributed by atoms with van der Waals surface area (Å²) in [6, 6.07) is 12.1. The zero-order valence-electron chi connectivity index (χ0n) is 13.9. The first-order valence-electron chi connectivity index (χ1n) is 7.60. The van der Waals surface area contributed by atoms with E-state index in [1.165, 1.54) is 30.3 Å². The molecule has 5 nitrogen and oxygen atoms in total. The average Bonchev–Trinajstić information content (AvgIpc) is 2.60. The Morgan fingerprint density at radius 2 is 1.84 bits per heavy atom. The van der Waals surface area contributed by atoms with Crippen LogP contribution in [0, 0.1) is 11.3 Å². The van der Waals surface area contributed by atoms with Crippen molar-refractivity contribution in [2.24, 2.45) is 0 Å². The van der Waals surface area contributed by atoms with Crippen LogP contribution >= 0.6 is 0 Å². The van der Waals surface area contributed by atoms with Gasteiger partial charge in [-0.3, -0.25) is 4.79 Å². The van der Waals surface area contributed by atoms with E-state index in [0.29, 0.717) is 0 Å². The van der Waals surface area contributed by atoms with E-state index >= 15 is 0 Å². The van der Waals surface area contributed by atoms with Gasteiger partial charge in [-0.1, -0.05) is 17.7 Å². The largest absolute Gasteiger partial charge is 0.507 e. The summed E-state index contributed by atoms with van der Waals surface area (Å²) in [5, 5.41) is 19.0. The van der Waals surface area contributed by atoms with Crippen LogP contribution in [0.15, 0.2) is 54.1 Å². The highest BCUT2D eigenvalue weighted by atomic mass is 16.5. The first-order valence-corrected chi connectivity index (χ1v) is 7.60. The van der Waals surface area contributed by atoms with E-state index in [9.17, 15) is 14.7 Å². The summed E-state index contributed by atoms with van der Waals surface area (Å²) in [5.41, 5.74) is 1.51. The Hall–Kier alpha value is -3.39. The molecular formula is C20H17NO4. The van der Waals surface area contributed by atoms with E-state index in [0.717, 1.165) is 5.57 Å². The summed E-state index contributed by atoms with van der Waals surface area (Å²) >= 11 is 0. The molecule has 2 aromatic rings. The van der Waals surface area contributed by atoms with Gasteiger partial charge in [0.1, 0.15) is 12.4 Å². The van der Waals surface area contributed by atoms with Gasteiger partial charge in [0.05, 0.1) is 22.8 Å². The van der Waals surface area contributed by atoms with Crippen molar-refractivity contribution in [3.8, 4) is 11.8 Å². The van der Waals surface area contributed by atoms with E-state index in [-0.39, 0.29) is 34.6 Å². The lowest BCUT2D eigenvalue weighted by molar-refractivity contribution is 0.0549. The molecule has 0 aromatic heterocycles. The number of carbonyl (C=O) groups excluding carboxylic acids is 2. The van der Waals surface area contributed by atoms with Gasteiger partial charge in [-0.15, -0.1) is 0 Å². The molecule has 0 radical (unpaired) electrons. The monoisotopic (exact) mass is 335 g/mol. The van der Waals surface area contributed by atoms with Gasteiger partial charge in [0, 0.05) is 5.56 Å². The number of nitrogens with zero attached hydrogens (tertiary/aromatic N) is 1. The van der Waals surface area contributed by atoms with Crippen LogP contribution in [0.25, 0.3) is 0 Å². The Morgan fingerprint density at radius 3 is 2.48 bits per heavy atom. The molecule has 0 saturated heterocycles. The van der Waals surface area contributed by atoms with Crippen LogP contribution in [0.5, 0.6) is 5.75 Å². The molecule has 0 unspecified atom stereocenters. The fourth-order valence-corrected chi connectivity index (χ4v) is 2.13. The van der Waals surface area contributed by atoms with Crippen LogP contribution in [0.3, 0.4) is 0 Å². The van der Waals surface area contributed by atoms with Crippen molar-refractivity contribution in [1.29, 1.82) is 5.26 Å². The van der Waals surface area contributed by atoms with Crippen molar-refractivity contribution < 1.29 is 19.4 Å². The second kappa shape index (κ2) is 7.93. The summed E-state index contributed by atoms with van der Waals surface area (Å²) in [6.07, 6.45) is 1.75. The maximum absolute atomic E-state index is 12.6. The molecule has 0 atom stereocenters. The van der Waals surface area contributed by atoms with Gasteiger partial charge < -0.3 is 9.84 Å². The van der Waals surface area contributed by atoms with Crippen LogP contribution < -0.4 is 0 Å². The lowest BCUT2D eigenvalue weighted by Crippen LogP contribution is -2.09. The molecule has 5 heteroatoms. The molecule has 0 spiro atoms. The quantitative estimate of drug-likeness (QED) is 0.512. The summed E-state index contributed by atoms with van der Waals surface area (Å²) in [5.74, 6) is -1.27. The lowest BCUT2D eigenvalue weighted by atomic mass is 9.98. The van der Waals surface area contributed by atoms with Gasteiger partial charge in [-0.05, 0) is 50.3 Å². The number of hydrogen-bond donors (Lipinski definition) is 1. The van der Waals surface area contributed by atoms with Crippen molar-refractivity contribution in [2.45, 2.75) is 13.8 Å². The van der Waals surface area contributed by atoms with Crippen LogP contribution in [0.4, 0.5) is 0 Å². The number of rotatable bonds is 5. The topological polar surface area (TPSA) is 87.4 Å². The Bertz CT molecular complexity index is 887. The number of phenols is 1. The first-order chi connectivity index (χ1) is 11.9. The number of esters is 1. The Kier molecular flexibility index (Phi) is 5.70. The number of carbonyl (C=O) groups is 2. The van der Waals surface area contributed by atoms with Crippen LogP contribution in [-0.4, -0.2) is 23.5 Å². The zero-order valence-corrected chi connectivity index (χ0v) is 13.9. The molecule has 0 aliphatic rings. The number of aromatic hydroxyl groups is 1. The lowest BCUT2D eigenvalue weighted by Gasteiger charge is -2.07. The molecule has 0 fully saturated rings. The van der Waals surface area contributed by atoms with Gasteiger partial charge in [0.2, 0.25) is 0 Å². The van der Waals surface area contributed by atoms with Gasteiger partial charge in [0.15, 0.2) is 5.78 Å². The molecule has 2 rings (SSSR count). The second-order valence-electron chi connectivity index (χ2n) is 5.64. The first kappa shape index (κ1) is 18.0. The van der Waals surface area contributed by atoms with E-state index in [1.54, 1.807) is 18.2 Å². The van der Waals surface area contributed by atoms with Crippen molar-refractivity contribution >= 4 is 11.8 Å². The molecule has 0 aliphatic carbocycles. The highest BCUT2D eigenvalue weighted by Gasteiger charge is 2.17. The molecule has 0 heterocycles. The predicted molar refractivity (Wildman–Crippen MR) is 92.4 cm³/mol. The minimum atomic E-state index is -0.624. The smallest absolute Gasteiger partial charge is 0.338 e. The zero-order chi connectivity index (χ0) is 18.4. The molecule has 0 amide bonds. The SMILES string of the molecule is CC(C)=CCOC(=O)c1cc(C#N)cc(C(=O)c2ccccc2O)c1. The normalized spacial score (nSPS) is 9.80. The van der Waals surface area contributed by atoms with Crippen LogP contribution in [-0.2, 0) is 4.74 Å². The average molecular weight is 335 g/mol. The van der Waals surface area contributed by atoms with Crippen molar-refractivity contribution in [3.63, 3.8) is 0 Å². The molecule has 0 aliphatic heterocycles. The second-order valence-corrected chi connectivity index (χ2v) is 5.64. The number of phenolic OH excluding ortho intramolecular Hbond substituents is 1. The van der Waals surface area contributed by atoms with Crippen molar-refractivity contribution in [3.05, 3.63) is 76.4 Å². The number of ketones is 1. The minimum absolute atomic E-state index is 0.0986. The van der Waals surface area contributed by atoms with E-state index < -0.39 is 11.8 Å². The highest BCUT2D eigenvalue weighted by molar-refractivity contribution is 6.11. The van der Waals surface area contributed by atoms with Gasteiger partial charge in [-0.2, -0.15) is 5.26 Å². The minimum Gasteiger partial charge on any atom is -0.507 e. The fraction of sp³-hybridized carbons (Fsp3) is 0.150. The Balaban J connectivity index is 2.36. The molecule has 0 saturated carbocycles. The van der Waals surface area contributed by atoms with Crippen LogP contribution in [0.2, 0.25) is 0 Å². The summed E-state index contributed by atoms with van der Waals surface area (Å²) in [6.45, 7) is 3.88. The predicted octanol–water partition coefficient (Wildman–Crippen LogP) is 3.62. The maximum Gasteiger partial charge on any atom is 0.338 e. The van der Waals surface area contributed by atoms with Crippen LogP contribution in [0.1, 0.15) is 45.7 Å². The standard InChI is InChI=1S/C20H17NO4/c1-13(2)7-8-25-20(24)16-10-14(12-21)9-15(11-16)19(23)17-5-3-4-6-18(17)22/h3-7,9-11,22H,8H2,1-2H3.